The maximum atomic E-state index is 12.3. The molecule has 0 fully saturated rings. The number of nitriles is 1. The first-order valence-corrected chi connectivity index (χ1v) is 7.00. The van der Waals surface area contributed by atoms with Gasteiger partial charge in [-0.05, 0) is 24.2 Å². The molecule has 0 amide bonds. The van der Waals surface area contributed by atoms with Crippen LogP contribution in [-0.2, 0) is 9.54 Å². The Morgan fingerprint density at radius 3 is 2.55 bits per heavy atom. The first-order valence-electron chi connectivity index (χ1n) is 6.18. The second kappa shape index (κ2) is 7.52. The van der Waals surface area contributed by atoms with Gasteiger partial charge in [0.15, 0.2) is 5.78 Å². The van der Waals surface area contributed by atoms with Crippen molar-refractivity contribution in [3.8, 4) is 5.40 Å². The third kappa shape index (κ3) is 3.97. The lowest BCUT2D eigenvalue weighted by Gasteiger charge is -2.25. The lowest BCUT2D eigenvalue weighted by molar-refractivity contribution is -0.115. The monoisotopic (exact) mass is 283 g/mol. The Labute approximate surface area is 124 Å². The minimum atomic E-state index is -0.573. The molecule has 0 aromatic heterocycles. The van der Waals surface area contributed by atoms with Crippen molar-refractivity contribution in [2.75, 3.05) is 0 Å². The zero-order valence-corrected chi connectivity index (χ0v) is 12.3. The van der Waals surface area contributed by atoms with E-state index in [-0.39, 0.29) is 12.2 Å². The highest BCUT2D eigenvalue weighted by molar-refractivity contribution is 8.04. The summed E-state index contributed by atoms with van der Waals surface area (Å²) in [5.74, 6) is -0.0472. The van der Waals surface area contributed by atoms with Gasteiger partial charge in [0.05, 0.1) is 4.75 Å². The number of nitrogens with zero attached hydrogens (tertiary/aromatic N) is 1. The van der Waals surface area contributed by atoms with Gasteiger partial charge in [-0.1, -0.05) is 61.7 Å². The summed E-state index contributed by atoms with van der Waals surface area (Å²) in [6, 6.07) is 9.59. The van der Waals surface area contributed by atoms with Gasteiger partial charge in [0.25, 0.3) is 0 Å². The van der Waals surface area contributed by atoms with Crippen molar-refractivity contribution in [1.29, 1.82) is 5.26 Å². The van der Waals surface area contributed by atoms with Gasteiger partial charge in [-0.2, -0.15) is 5.26 Å². The number of thioether (sulfide) groups is 1. The molecule has 0 saturated carbocycles. The van der Waals surface area contributed by atoms with Crippen molar-refractivity contribution in [2.24, 2.45) is 0 Å². The second-order valence-electron chi connectivity index (χ2n) is 4.45. The maximum absolute atomic E-state index is 12.3. The molecule has 3 heteroatoms. The Kier molecular flexibility index (Phi) is 6.02. The van der Waals surface area contributed by atoms with Crippen molar-refractivity contribution >= 4 is 17.5 Å². The van der Waals surface area contributed by atoms with E-state index in [1.807, 2.05) is 37.3 Å². The standard InChI is InChI=1S/C17H17NOS/c1-4-9-14(5-2)16(19)12-17(3,20-13-18)15-10-7-6-8-11-15/h4-11H,1-2,12H2,3H3/b14-9+. The predicted molar refractivity (Wildman–Crippen MR) is 85.1 cm³/mol. The van der Waals surface area contributed by atoms with Crippen LogP contribution < -0.4 is 0 Å². The summed E-state index contributed by atoms with van der Waals surface area (Å²) in [4.78, 5) is 12.3. The van der Waals surface area contributed by atoms with E-state index in [1.54, 1.807) is 12.2 Å². The van der Waals surface area contributed by atoms with E-state index in [4.69, 9.17) is 5.26 Å². The molecule has 0 saturated heterocycles. The molecule has 0 spiro atoms. The molecule has 20 heavy (non-hydrogen) atoms. The van der Waals surface area contributed by atoms with Gasteiger partial charge in [0.1, 0.15) is 5.40 Å². The van der Waals surface area contributed by atoms with Crippen LogP contribution in [0.5, 0.6) is 0 Å². The van der Waals surface area contributed by atoms with Crippen LogP contribution >= 0.6 is 11.8 Å². The highest BCUT2D eigenvalue weighted by atomic mass is 32.2. The predicted octanol–water partition coefficient (Wildman–Crippen LogP) is 4.37. The molecule has 0 radical (unpaired) electrons. The first kappa shape index (κ1) is 16.0. The summed E-state index contributed by atoms with van der Waals surface area (Å²) >= 11 is 1.10. The Balaban J connectivity index is 3.08. The number of carbonyl (C=O) groups excluding carboxylic acids is 1. The molecule has 0 aliphatic heterocycles. The van der Waals surface area contributed by atoms with Crippen molar-refractivity contribution in [3.05, 3.63) is 72.9 Å². The highest BCUT2D eigenvalue weighted by Crippen LogP contribution is 2.39. The Morgan fingerprint density at radius 1 is 1.40 bits per heavy atom. The summed E-state index contributed by atoms with van der Waals surface area (Å²) in [7, 11) is 0. The second-order valence-corrected chi connectivity index (χ2v) is 5.74. The molecule has 0 bridgehead atoms. The normalized spacial score (nSPS) is 13.9. The summed E-state index contributed by atoms with van der Waals surface area (Å²) in [6.45, 7) is 9.13. The molecule has 2 nitrogen and oxygen atoms in total. The average Bonchev–Trinajstić information content (AvgIpc) is 2.45. The molecule has 0 aliphatic carbocycles. The first-order chi connectivity index (χ1) is 9.57. The van der Waals surface area contributed by atoms with E-state index in [1.165, 1.54) is 6.08 Å². The minimum Gasteiger partial charge on any atom is -0.294 e. The van der Waals surface area contributed by atoms with E-state index in [9.17, 15) is 4.79 Å². The number of hydrogen-bond acceptors (Lipinski definition) is 3. The summed E-state index contributed by atoms with van der Waals surface area (Å²) in [5, 5.41) is 11.1. The summed E-state index contributed by atoms with van der Waals surface area (Å²) < 4.78 is -0.573. The minimum absolute atomic E-state index is 0.0472. The lowest BCUT2D eigenvalue weighted by atomic mass is 9.92. The number of ketones is 1. The van der Waals surface area contributed by atoms with Crippen LogP contribution in [0.15, 0.2) is 67.3 Å². The number of carbonyl (C=O) groups is 1. The molecule has 1 atom stereocenters. The molecule has 1 unspecified atom stereocenters. The molecule has 1 rings (SSSR count). The van der Waals surface area contributed by atoms with E-state index < -0.39 is 4.75 Å². The molecular weight excluding hydrogens is 266 g/mol. The molecule has 1 aromatic carbocycles. The van der Waals surface area contributed by atoms with Gasteiger partial charge in [-0.15, -0.1) is 0 Å². The topological polar surface area (TPSA) is 40.9 Å². The Bertz CT molecular complexity index is 568. The van der Waals surface area contributed by atoms with Gasteiger partial charge >= 0.3 is 0 Å². The van der Waals surface area contributed by atoms with Crippen LogP contribution in [0.4, 0.5) is 0 Å². The number of Topliss-reactive ketones (excluding diaryl/α,β-unsaturated/α-hetero) is 1. The van der Waals surface area contributed by atoms with Crippen molar-refractivity contribution in [1.82, 2.24) is 0 Å². The van der Waals surface area contributed by atoms with Crippen LogP contribution in [0.3, 0.4) is 0 Å². The SMILES string of the molecule is C=C/C=C(\C=C)C(=O)CC(C)(SC#N)c1ccccc1. The molecule has 102 valence electrons. The largest absolute Gasteiger partial charge is 0.294 e. The highest BCUT2D eigenvalue weighted by Gasteiger charge is 2.31. The van der Waals surface area contributed by atoms with Gasteiger partial charge < -0.3 is 0 Å². The van der Waals surface area contributed by atoms with E-state index in [0.29, 0.717) is 5.57 Å². The third-order valence-corrected chi connectivity index (χ3v) is 3.91. The number of hydrogen-bond donors (Lipinski definition) is 0. The zero-order valence-electron chi connectivity index (χ0n) is 11.5. The number of allylic oxidation sites excluding steroid dienone is 4. The maximum Gasteiger partial charge on any atom is 0.164 e. The zero-order chi connectivity index (χ0) is 15.0. The summed E-state index contributed by atoms with van der Waals surface area (Å²) in [5.41, 5.74) is 1.47. The molecule has 1 aromatic rings. The lowest BCUT2D eigenvalue weighted by Crippen LogP contribution is -2.22. The van der Waals surface area contributed by atoms with Gasteiger partial charge in [-0.25, -0.2) is 0 Å². The third-order valence-electron chi connectivity index (χ3n) is 2.99. The molecule has 0 N–H and O–H groups in total. The quantitative estimate of drug-likeness (QED) is 0.424. The van der Waals surface area contributed by atoms with Crippen LogP contribution in [0.2, 0.25) is 0 Å². The van der Waals surface area contributed by atoms with Crippen molar-refractivity contribution < 1.29 is 4.79 Å². The average molecular weight is 283 g/mol. The smallest absolute Gasteiger partial charge is 0.164 e. The van der Waals surface area contributed by atoms with Crippen LogP contribution in [0, 0.1) is 10.7 Å². The fraction of sp³-hybridized carbons (Fsp3) is 0.176. The van der Waals surface area contributed by atoms with E-state index in [0.717, 1.165) is 17.3 Å². The number of benzene rings is 1. The van der Waals surface area contributed by atoms with Crippen LogP contribution in [-0.4, -0.2) is 5.78 Å². The summed E-state index contributed by atoms with van der Waals surface area (Å²) in [6.07, 6.45) is 4.96. The Morgan fingerprint density at radius 2 is 2.05 bits per heavy atom. The Hall–Kier alpha value is -2.05. The molecular formula is C17H17NOS. The van der Waals surface area contributed by atoms with Crippen molar-refractivity contribution in [2.45, 2.75) is 18.1 Å². The fourth-order valence-corrected chi connectivity index (χ4v) is 2.56. The number of thiocyanates is 1. The van der Waals surface area contributed by atoms with E-state index >= 15 is 0 Å². The van der Waals surface area contributed by atoms with Crippen LogP contribution in [0.1, 0.15) is 18.9 Å². The number of rotatable bonds is 7. The molecule has 0 heterocycles. The van der Waals surface area contributed by atoms with Gasteiger partial charge in [-0.3, -0.25) is 4.79 Å². The molecule has 0 aliphatic rings. The van der Waals surface area contributed by atoms with Crippen molar-refractivity contribution in [3.63, 3.8) is 0 Å². The van der Waals surface area contributed by atoms with Gasteiger partial charge in [0, 0.05) is 12.0 Å². The van der Waals surface area contributed by atoms with Gasteiger partial charge in [0.2, 0.25) is 0 Å². The van der Waals surface area contributed by atoms with Crippen LogP contribution in [0.25, 0.3) is 0 Å². The van der Waals surface area contributed by atoms with E-state index in [2.05, 4.69) is 18.6 Å². The fourth-order valence-electron chi connectivity index (χ4n) is 1.90.